The first kappa shape index (κ1) is 19.3. The van der Waals surface area contributed by atoms with E-state index < -0.39 is 0 Å². The number of rotatable bonds is 4. The van der Waals surface area contributed by atoms with E-state index in [1.165, 1.54) is 0 Å². The van der Waals surface area contributed by atoms with Crippen molar-refractivity contribution in [3.05, 3.63) is 65.7 Å². The summed E-state index contributed by atoms with van der Waals surface area (Å²) in [6, 6.07) is 17.2. The predicted molar refractivity (Wildman–Crippen MR) is 102 cm³/mol. The summed E-state index contributed by atoms with van der Waals surface area (Å²) in [5.74, 6) is 0.801. The topological polar surface area (TPSA) is 64.4 Å². The zero-order valence-electron chi connectivity index (χ0n) is 14.6. The maximum Gasteiger partial charge on any atom is 0.222 e. The molecule has 1 aliphatic heterocycles. The van der Waals surface area contributed by atoms with E-state index in [2.05, 4.69) is 5.32 Å². The molecule has 0 fully saturated rings. The van der Waals surface area contributed by atoms with Crippen molar-refractivity contribution < 1.29 is 9.53 Å². The van der Waals surface area contributed by atoms with Gasteiger partial charge in [0.15, 0.2) is 0 Å². The Balaban J connectivity index is 0.00000225. The number of carbonyl (C=O) groups excluding carboxylic acids is 1. The molecule has 0 aliphatic carbocycles. The molecule has 1 amide bonds. The number of amides is 1. The molecule has 2 atom stereocenters. The highest BCUT2D eigenvalue weighted by molar-refractivity contribution is 5.85. The second-order valence-electron chi connectivity index (χ2n) is 6.95. The van der Waals surface area contributed by atoms with Crippen molar-refractivity contribution in [2.45, 2.75) is 44.4 Å². The molecule has 0 bridgehead atoms. The molecule has 3 rings (SSSR count). The number of para-hydroxylation sites is 1. The summed E-state index contributed by atoms with van der Waals surface area (Å²) < 4.78 is 6.01. The van der Waals surface area contributed by atoms with Gasteiger partial charge in [-0.25, -0.2) is 0 Å². The zero-order valence-corrected chi connectivity index (χ0v) is 15.4. The number of carbonyl (C=O) groups is 1. The molecule has 0 spiro atoms. The standard InChI is InChI=1S/C20H24N2O2.ClH/c1-20(2)13-17(15-10-6-7-11-18(15)24-20)22-19(23)12-16(21)14-8-4-3-5-9-14;/h3-11,16-17H,12-13,21H2,1-2H3,(H,22,23);1H. The van der Waals surface area contributed by atoms with Crippen LogP contribution in [0.4, 0.5) is 0 Å². The number of hydrogen-bond donors (Lipinski definition) is 2. The predicted octanol–water partition coefficient (Wildman–Crippen LogP) is 3.92. The molecule has 134 valence electrons. The molecule has 0 aromatic heterocycles. The summed E-state index contributed by atoms with van der Waals surface area (Å²) in [7, 11) is 0. The van der Waals surface area contributed by atoms with E-state index in [1.807, 2.05) is 68.4 Å². The molecular weight excluding hydrogens is 336 g/mol. The molecule has 0 saturated carbocycles. The smallest absolute Gasteiger partial charge is 0.222 e. The highest BCUT2D eigenvalue weighted by Crippen LogP contribution is 2.39. The van der Waals surface area contributed by atoms with Crippen LogP contribution in [0.1, 0.15) is 49.9 Å². The van der Waals surface area contributed by atoms with Crippen molar-refractivity contribution in [2.24, 2.45) is 5.73 Å². The molecule has 1 heterocycles. The van der Waals surface area contributed by atoms with Crippen LogP contribution in [0.25, 0.3) is 0 Å². The van der Waals surface area contributed by atoms with Gasteiger partial charge in [0.05, 0.1) is 6.04 Å². The summed E-state index contributed by atoms with van der Waals surface area (Å²) in [6.45, 7) is 4.08. The van der Waals surface area contributed by atoms with Crippen molar-refractivity contribution in [3.8, 4) is 5.75 Å². The Morgan fingerprint density at radius 1 is 1.20 bits per heavy atom. The van der Waals surface area contributed by atoms with Crippen LogP contribution in [0.3, 0.4) is 0 Å². The monoisotopic (exact) mass is 360 g/mol. The van der Waals surface area contributed by atoms with E-state index >= 15 is 0 Å². The Labute approximate surface area is 155 Å². The highest BCUT2D eigenvalue weighted by atomic mass is 35.5. The molecule has 25 heavy (non-hydrogen) atoms. The van der Waals surface area contributed by atoms with Gasteiger partial charge in [-0.2, -0.15) is 0 Å². The van der Waals surface area contributed by atoms with Crippen molar-refractivity contribution in [3.63, 3.8) is 0 Å². The molecule has 2 aromatic rings. The lowest BCUT2D eigenvalue weighted by Gasteiger charge is -2.38. The number of nitrogens with two attached hydrogens (primary N) is 1. The fourth-order valence-corrected chi connectivity index (χ4v) is 3.20. The number of halogens is 1. The maximum absolute atomic E-state index is 12.5. The van der Waals surface area contributed by atoms with Gasteiger partial charge in [0, 0.05) is 24.4 Å². The average Bonchev–Trinajstić information content (AvgIpc) is 2.54. The SMILES string of the molecule is CC1(C)CC(NC(=O)CC(N)c2ccccc2)c2ccccc2O1.Cl. The Bertz CT molecular complexity index is 719. The minimum absolute atomic E-state index is 0. The molecule has 0 radical (unpaired) electrons. The van der Waals surface area contributed by atoms with E-state index in [9.17, 15) is 4.79 Å². The Kier molecular flexibility index (Phi) is 6.09. The van der Waals surface area contributed by atoms with E-state index in [-0.39, 0.29) is 42.4 Å². The minimum Gasteiger partial charge on any atom is -0.487 e. The average molecular weight is 361 g/mol. The normalized spacial score (nSPS) is 18.9. The lowest BCUT2D eigenvalue weighted by Crippen LogP contribution is -2.41. The van der Waals surface area contributed by atoms with Crippen LogP contribution >= 0.6 is 12.4 Å². The van der Waals surface area contributed by atoms with Crippen LogP contribution in [-0.4, -0.2) is 11.5 Å². The van der Waals surface area contributed by atoms with E-state index in [0.717, 1.165) is 23.3 Å². The van der Waals surface area contributed by atoms with Crippen molar-refractivity contribution in [1.29, 1.82) is 0 Å². The quantitative estimate of drug-likeness (QED) is 0.868. The van der Waals surface area contributed by atoms with E-state index in [4.69, 9.17) is 10.5 Å². The molecule has 3 N–H and O–H groups in total. The number of benzene rings is 2. The van der Waals surface area contributed by atoms with Gasteiger partial charge in [-0.3, -0.25) is 4.79 Å². The second kappa shape index (κ2) is 7.89. The Hall–Kier alpha value is -2.04. The van der Waals surface area contributed by atoms with Crippen molar-refractivity contribution in [1.82, 2.24) is 5.32 Å². The van der Waals surface area contributed by atoms with Gasteiger partial charge in [0.1, 0.15) is 11.4 Å². The zero-order chi connectivity index (χ0) is 17.2. The third-order valence-electron chi connectivity index (χ3n) is 4.34. The summed E-state index contributed by atoms with van der Waals surface area (Å²) >= 11 is 0. The third-order valence-corrected chi connectivity index (χ3v) is 4.34. The van der Waals surface area contributed by atoms with Crippen molar-refractivity contribution >= 4 is 18.3 Å². The van der Waals surface area contributed by atoms with E-state index in [0.29, 0.717) is 0 Å². The minimum atomic E-state index is -0.312. The molecule has 1 aliphatic rings. The van der Waals surface area contributed by atoms with Crippen LogP contribution < -0.4 is 15.8 Å². The lowest BCUT2D eigenvalue weighted by atomic mass is 9.89. The maximum atomic E-state index is 12.5. The number of nitrogens with one attached hydrogen (secondary N) is 1. The number of ether oxygens (including phenoxy) is 1. The molecule has 4 nitrogen and oxygen atoms in total. The molecule has 5 heteroatoms. The first-order chi connectivity index (χ1) is 11.4. The van der Waals surface area contributed by atoms with Gasteiger partial charge >= 0.3 is 0 Å². The van der Waals surface area contributed by atoms with Crippen molar-refractivity contribution in [2.75, 3.05) is 0 Å². The van der Waals surface area contributed by atoms with Gasteiger partial charge in [-0.15, -0.1) is 12.4 Å². The molecule has 2 aromatic carbocycles. The number of fused-ring (bicyclic) bond motifs is 1. The Morgan fingerprint density at radius 3 is 2.56 bits per heavy atom. The van der Waals surface area contributed by atoms with Gasteiger partial charge in [-0.05, 0) is 25.5 Å². The summed E-state index contributed by atoms with van der Waals surface area (Å²) in [5, 5.41) is 3.13. The van der Waals surface area contributed by atoms with Gasteiger partial charge in [-0.1, -0.05) is 48.5 Å². The molecule has 0 saturated heterocycles. The lowest BCUT2D eigenvalue weighted by molar-refractivity contribution is -0.122. The van der Waals surface area contributed by atoms with Crippen LogP contribution in [0, 0.1) is 0 Å². The largest absolute Gasteiger partial charge is 0.487 e. The number of hydrogen-bond acceptors (Lipinski definition) is 3. The van der Waals surface area contributed by atoms with Crippen LogP contribution in [0.2, 0.25) is 0 Å². The summed E-state index contributed by atoms with van der Waals surface area (Å²) in [5.41, 5.74) is 7.85. The van der Waals surface area contributed by atoms with Crippen LogP contribution in [0.15, 0.2) is 54.6 Å². The fraction of sp³-hybridized carbons (Fsp3) is 0.350. The summed E-state index contributed by atoms with van der Waals surface area (Å²) in [6.07, 6.45) is 1.00. The van der Waals surface area contributed by atoms with Gasteiger partial charge in [0.2, 0.25) is 5.91 Å². The van der Waals surface area contributed by atoms with Crippen LogP contribution in [-0.2, 0) is 4.79 Å². The second-order valence-corrected chi connectivity index (χ2v) is 6.95. The fourth-order valence-electron chi connectivity index (χ4n) is 3.20. The van der Waals surface area contributed by atoms with Crippen LogP contribution in [0.5, 0.6) is 5.75 Å². The van der Waals surface area contributed by atoms with Gasteiger partial charge < -0.3 is 15.8 Å². The van der Waals surface area contributed by atoms with E-state index in [1.54, 1.807) is 0 Å². The molecule has 2 unspecified atom stereocenters. The molecular formula is C20H25ClN2O2. The summed E-state index contributed by atoms with van der Waals surface area (Å²) in [4.78, 5) is 12.5. The first-order valence-electron chi connectivity index (χ1n) is 8.32. The Morgan fingerprint density at radius 2 is 1.84 bits per heavy atom. The van der Waals surface area contributed by atoms with Gasteiger partial charge in [0.25, 0.3) is 0 Å². The third kappa shape index (κ3) is 4.74. The highest BCUT2D eigenvalue weighted by Gasteiger charge is 2.34. The first-order valence-corrected chi connectivity index (χ1v) is 8.32.